The number of anilines is 1. The van der Waals surface area contributed by atoms with Gasteiger partial charge in [0.1, 0.15) is 5.75 Å². The Morgan fingerprint density at radius 2 is 1.82 bits per heavy atom. The van der Waals surface area contributed by atoms with Gasteiger partial charge in [0, 0.05) is 34.0 Å². The highest BCUT2D eigenvalue weighted by Crippen LogP contribution is 2.34. The Balaban J connectivity index is 2.17. The summed E-state index contributed by atoms with van der Waals surface area (Å²) in [6.45, 7) is 0. The van der Waals surface area contributed by atoms with Crippen LogP contribution < -0.4 is 16.0 Å². The van der Waals surface area contributed by atoms with Crippen molar-refractivity contribution in [2.24, 2.45) is 7.05 Å². The number of nitrogens with two attached hydrogens (primary N) is 1. The molecule has 0 saturated carbocycles. The van der Waals surface area contributed by atoms with E-state index >= 15 is 0 Å². The zero-order valence-electron chi connectivity index (χ0n) is 12.4. The van der Waals surface area contributed by atoms with E-state index in [4.69, 9.17) is 10.5 Å². The average Bonchev–Trinajstić information content (AvgIpc) is 2.54. The Hall–Kier alpha value is -2.40. The van der Waals surface area contributed by atoms with E-state index in [-0.39, 0.29) is 5.56 Å². The number of aromatic nitrogens is 1. The molecule has 0 atom stereocenters. The molecule has 4 nitrogen and oxygen atoms in total. The van der Waals surface area contributed by atoms with Gasteiger partial charge in [-0.05, 0) is 42.5 Å². The summed E-state index contributed by atoms with van der Waals surface area (Å²) in [6.07, 6.45) is 0. The van der Waals surface area contributed by atoms with Crippen molar-refractivity contribution in [1.82, 2.24) is 4.57 Å². The molecule has 0 aliphatic carbocycles. The molecular formula is C17H16N2O2S. The van der Waals surface area contributed by atoms with Crippen LogP contribution >= 0.6 is 11.8 Å². The minimum Gasteiger partial charge on any atom is -0.497 e. The summed E-state index contributed by atoms with van der Waals surface area (Å²) in [5.74, 6) is 0.769. The Kier molecular flexibility index (Phi) is 3.81. The maximum Gasteiger partial charge on any atom is 0.251 e. The molecular weight excluding hydrogens is 296 g/mol. The molecule has 5 heteroatoms. The Morgan fingerprint density at radius 3 is 2.50 bits per heavy atom. The minimum absolute atomic E-state index is 0.0318. The summed E-state index contributed by atoms with van der Waals surface area (Å²) in [7, 11) is 3.41. The summed E-state index contributed by atoms with van der Waals surface area (Å²) < 4.78 is 6.94. The van der Waals surface area contributed by atoms with Crippen LogP contribution in [0, 0.1) is 0 Å². The van der Waals surface area contributed by atoms with Crippen molar-refractivity contribution < 1.29 is 4.74 Å². The number of pyridine rings is 1. The molecule has 2 N–H and O–H groups in total. The summed E-state index contributed by atoms with van der Waals surface area (Å²) in [4.78, 5) is 14.1. The van der Waals surface area contributed by atoms with Crippen molar-refractivity contribution in [2.75, 3.05) is 12.8 Å². The van der Waals surface area contributed by atoms with Crippen molar-refractivity contribution in [3.05, 3.63) is 58.9 Å². The van der Waals surface area contributed by atoms with Crippen molar-refractivity contribution in [1.29, 1.82) is 0 Å². The van der Waals surface area contributed by atoms with E-state index in [9.17, 15) is 4.79 Å². The molecule has 0 aliphatic rings. The summed E-state index contributed by atoms with van der Waals surface area (Å²) in [5, 5.41) is 0.989. The molecule has 1 aromatic heterocycles. The molecule has 112 valence electrons. The molecule has 0 radical (unpaired) electrons. The van der Waals surface area contributed by atoms with E-state index in [0.29, 0.717) is 0 Å². The third-order valence-electron chi connectivity index (χ3n) is 3.52. The predicted molar refractivity (Wildman–Crippen MR) is 90.7 cm³/mol. The van der Waals surface area contributed by atoms with Crippen LogP contribution in [-0.4, -0.2) is 11.7 Å². The number of nitrogen functional groups attached to an aromatic ring is 1. The number of benzene rings is 2. The number of fused-ring (bicyclic) bond motifs is 1. The highest BCUT2D eigenvalue weighted by atomic mass is 32.2. The van der Waals surface area contributed by atoms with Crippen molar-refractivity contribution in [3.8, 4) is 5.75 Å². The van der Waals surface area contributed by atoms with Gasteiger partial charge in [-0.15, -0.1) is 0 Å². The standard InChI is InChI=1S/C17H16N2O2S/c1-19-15-8-5-12(21-2)9-14(15)16(10-17(19)20)22-13-6-3-11(18)4-7-13/h3-10H,18H2,1-2H3. The summed E-state index contributed by atoms with van der Waals surface area (Å²) in [6, 6.07) is 15.0. The molecule has 0 bridgehead atoms. The lowest BCUT2D eigenvalue weighted by molar-refractivity contribution is 0.415. The second-order valence-electron chi connectivity index (χ2n) is 4.96. The lowest BCUT2D eigenvalue weighted by atomic mass is 10.2. The van der Waals surface area contributed by atoms with E-state index in [0.717, 1.165) is 32.1 Å². The molecule has 3 aromatic rings. The van der Waals surface area contributed by atoms with Gasteiger partial charge in [-0.3, -0.25) is 4.79 Å². The number of hydrogen-bond donors (Lipinski definition) is 1. The van der Waals surface area contributed by atoms with Crippen LogP contribution in [0.25, 0.3) is 10.9 Å². The quantitative estimate of drug-likeness (QED) is 0.754. The molecule has 1 heterocycles. The van der Waals surface area contributed by atoms with E-state index in [1.807, 2.05) is 42.5 Å². The van der Waals surface area contributed by atoms with Gasteiger partial charge in [0.15, 0.2) is 0 Å². The van der Waals surface area contributed by atoms with Gasteiger partial charge in [0.25, 0.3) is 5.56 Å². The van der Waals surface area contributed by atoms with E-state index in [2.05, 4.69) is 0 Å². The maximum absolute atomic E-state index is 12.2. The van der Waals surface area contributed by atoms with Crippen molar-refractivity contribution >= 4 is 28.4 Å². The first kappa shape index (κ1) is 14.5. The van der Waals surface area contributed by atoms with E-state index < -0.39 is 0 Å². The first-order chi connectivity index (χ1) is 10.6. The first-order valence-corrected chi connectivity index (χ1v) is 7.61. The largest absolute Gasteiger partial charge is 0.497 e. The zero-order valence-corrected chi connectivity index (χ0v) is 13.2. The second-order valence-corrected chi connectivity index (χ2v) is 6.08. The Morgan fingerprint density at radius 1 is 1.09 bits per heavy atom. The molecule has 0 spiro atoms. The molecule has 22 heavy (non-hydrogen) atoms. The van der Waals surface area contributed by atoms with Gasteiger partial charge >= 0.3 is 0 Å². The minimum atomic E-state index is -0.0318. The molecule has 0 saturated heterocycles. The normalized spacial score (nSPS) is 10.8. The molecule has 0 unspecified atom stereocenters. The van der Waals surface area contributed by atoms with Gasteiger partial charge in [-0.1, -0.05) is 11.8 Å². The number of nitrogens with zero attached hydrogens (tertiary/aromatic N) is 1. The number of ether oxygens (including phenoxy) is 1. The van der Waals surface area contributed by atoms with Gasteiger partial charge in [-0.25, -0.2) is 0 Å². The van der Waals surface area contributed by atoms with E-state index in [1.54, 1.807) is 36.6 Å². The van der Waals surface area contributed by atoms with Crippen LogP contribution in [0.2, 0.25) is 0 Å². The van der Waals surface area contributed by atoms with Crippen LogP contribution in [0.5, 0.6) is 5.75 Å². The smallest absolute Gasteiger partial charge is 0.251 e. The van der Waals surface area contributed by atoms with Crippen LogP contribution in [0.1, 0.15) is 0 Å². The fourth-order valence-corrected chi connectivity index (χ4v) is 3.24. The van der Waals surface area contributed by atoms with Crippen molar-refractivity contribution in [2.45, 2.75) is 9.79 Å². The third-order valence-corrected chi connectivity index (χ3v) is 4.59. The van der Waals surface area contributed by atoms with Gasteiger partial charge in [0.2, 0.25) is 0 Å². The zero-order chi connectivity index (χ0) is 15.7. The third kappa shape index (κ3) is 2.67. The topological polar surface area (TPSA) is 57.2 Å². The van der Waals surface area contributed by atoms with Gasteiger partial charge < -0.3 is 15.0 Å². The molecule has 2 aromatic carbocycles. The number of methoxy groups -OCH3 is 1. The van der Waals surface area contributed by atoms with Crippen LogP contribution in [0.4, 0.5) is 5.69 Å². The average molecular weight is 312 g/mol. The number of rotatable bonds is 3. The molecule has 0 fully saturated rings. The summed E-state index contributed by atoms with van der Waals surface area (Å²) >= 11 is 1.54. The van der Waals surface area contributed by atoms with Crippen molar-refractivity contribution in [3.63, 3.8) is 0 Å². The van der Waals surface area contributed by atoms with Gasteiger partial charge in [0.05, 0.1) is 12.6 Å². The second kappa shape index (κ2) is 5.77. The molecule has 3 rings (SSSR count). The highest BCUT2D eigenvalue weighted by molar-refractivity contribution is 7.99. The Labute approximate surface area is 132 Å². The number of hydrogen-bond acceptors (Lipinski definition) is 4. The van der Waals surface area contributed by atoms with Crippen LogP contribution in [-0.2, 0) is 7.05 Å². The predicted octanol–water partition coefficient (Wildman–Crippen LogP) is 3.28. The monoisotopic (exact) mass is 312 g/mol. The SMILES string of the molecule is COc1ccc2c(c1)c(Sc1ccc(N)cc1)cc(=O)n2C. The lowest BCUT2D eigenvalue weighted by Gasteiger charge is -2.11. The lowest BCUT2D eigenvalue weighted by Crippen LogP contribution is -2.16. The number of aryl methyl sites for hydroxylation is 1. The fraction of sp³-hybridized carbons (Fsp3) is 0.118. The maximum atomic E-state index is 12.2. The first-order valence-electron chi connectivity index (χ1n) is 6.79. The molecule has 0 amide bonds. The fourth-order valence-electron chi connectivity index (χ4n) is 2.28. The summed E-state index contributed by atoms with van der Waals surface area (Å²) in [5.41, 5.74) is 7.28. The van der Waals surface area contributed by atoms with E-state index in [1.165, 1.54) is 0 Å². The van der Waals surface area contributed by atoms with Gasteiger partial charge in [-0.2, -0.15) is 0 Å². The van der Waals surface area contributed by atoms with Crippen LogP contribution in [0.3, 0.4) is 0 Å². The molecule has 0 aliphatic heterocycles. The Bertz CT molecular complexity index is 886. The highest BCUT2D eigenvalue weighted by Gasteiger charge is 2.09. The van der Waals surface area contributed by atoms with Crippen LogP contribution in [0.15, 0.2) is 63.1 Å².